The summed E-state index contributed by atoms with van der Waals surface area (Å²) in [5.74, 6) is -0.845. The lowest BCUT2D eigenvalue weighted by atomic mass is 10.1. The largest absolute Gasteiger partial charge is 0.481 e. The first-order valence-corrected chi connectivity index (χ1v) is 6.83. The minimum atomic E-state index is -0.845. The van der Waals surface area contributed by atoms with Crippen LogP contribution in [-0.4, -0.2) is 29.7 Å². The lowest BCUT2D eigenvalue weighted by molar-refractivity contribution is -0.137. The Bertz CT molecular complexity index is 519. The van der Waals surface area contributed by atoms with E-state index in [0.717, 1.165) is 15.7 Å². The fourth-order valence-corrected chi connectivity index (χ4v) is 2.87. The molecule has 1 aromatic rings. The molecule has 102 valence electrons. The molecule has 2 N–H and O–H groups in total. The van der Waals surface area contributed by atoms with Crippen molar-refractivity contribution >= 4 is 33.6 Å². The second-order valence-corrected chi connectivity index (χ2v) is 5.45. The molecule has 2 amide bonds. The lowest BCUT2D eigenvalue weighted by Gasteiger charge is -2.24. The molecular formula is C13H15BrN2O3. The van der Waals surface area contributed by atoms with Gasteiger partial charge in [-0.3, -0.25) is 9.69 Å². The number of carboxylic acids is 1. The van der Waals surface area contributed by atoms with E-state index in [9.17, 15) is 9.59 Å². The number of nitrogens with zero attached hydrogens (tertiary/aromatic N) is 1. The van der Waals surface area contributed by atoms with Gasteiger partial charge in [0, 0.05) is 17.4 Å². The fraction of sp³-hybridized carbons (Fsp3) is 0.385. The van der Waals surface area contributed by atoms with Gasteiger partial charge in [-0.15, -0.1) is 0 Å². The summed E-state index contributed by atoms with van der Waals surface area (Å²) in [6.07, 6.45) is 0.494. The first kappa shape index (κ1) is 13.9. The number of hydrogen-bond acceptors (Lipinski definition) is 2. The second kappa shape index (κ2) is 5.61. The van der Waals surface area contributed by atoms with Crippen molar-refractivity contribution in [2.75, 3.05) is 11.4 Å². The van der Waals surface area contributed by atoms with Crippen LogP contribution in [0.5, 0.6) is 0 Å². The number of benzene rings is 1. The summed E-state index contributed by atoms with van der Waals surface area (Å²) in [5, 5.41) is 11.5. The Morgan fingerprint density at radius 2 is 2.32 bits per heavy atom. The van der Waals surface area contributed by atoms with Gasteiger partial charge in [0.25, 0.3) is 0 Å². The number of aliphatic carboxylic acids is 1. The molecule has 1 aromatic carbocycles. The molecule has 1 atom stereocenters. The van der Waals surface area contributed by atoms with E-state index in [1.807, 2.05) is 25.1 Å². The Morgan fingerprint density at radius 1 is 1.58 bits per heavy atom. The van der Waals surface area contributed by atoms with E-state index < -0.39 is 5.97 Å². The van der Waals surface area contributed by atoms with E-state index in [1.165, 1.54) is 0 Å². The van der Waals surface area contributed by atoms with Gasteiger partial charge in [0.2, 0.25) is 0 Å². The van der Waals surface area contributed by atoms with Gasteiger partial charge in [-0.05, 0) is 47.0 Å². The van der Waals surface area contributed by atoms with Crippen LogP contribution in [0.15, 0.2) is 22.7 Å². The van der Waals surface area contributed by atoms with Crippen molar-refractivity contribution in [1.29, 1.82) is 0 Å². The predicted molar refractivity (Wildman–Crippen MR) is 75.4 cm³/mol. The van der Waals surface area contributed by atoms with Gasteiger partial charge in [-0.1, -0.05) is 6.07 Å². The highest BCUT2D eigenvalue weighted by Crippen LogP contribution is 2.31. The second-order valence-electron chi connectivity index (χ2n) is 4.60. The molecule has 1 unspecified atom stereocenters. The van der Waals surface area contributed by atoms with Crippen molar-refractivity contribution in [2.45, 2.75) is 25.8 Å². The van der Waals surface area contributed by atoms with E-state index in [2.05, 4.69) is 21.2 Å². The molecule has 1 heterocycles. The molecule has 1 aliphatic rings. The Kier molecular flexibility index (Phi) is 4.09. The van der Waals surface area contributed by atoms with Gasteiger partial charge in [0.15, 0.2) is 0 Å². The lowest BCUT2D eigenvalue weighted by Crippen LogP contribution is -2.34. The first-order chi connectivity index (χ1) is 8.99. The quantitative estimate of drug-likeness (QED) is 0.893. The molecule has 0 saturated carbocycles. The standard InChI is InChI=1S/C13H15BrN2O3/c1-8-2-4-11(10(14)6-8)16-9(3-5-12(17)18)7-15-13(16)19/h2,4,6,9H,3,5,7H2,1H3,(H,15,19)(H,17,18). The van der Waals surface area contributed by atoms with Crippen molar-refractivity contribution in [2.24, 2.45) is 0 Å². The van der Waals surface area contributed by atoms with Crippen LogP contribution in [0, 0.1) is 6.92 Å². The van der Waals surface area contributed by atoms with Crippen LogP contribution in [0.4, 0.5) is 10.5 Å². The van der Waals surface area contributed by atoms with Gasteiger partial charge in [0.1, 0.15) is 0 Å². The average Bonchev–Trinajstić information content (AvgIpc) is 2.68. The summed E-state index contributed by atoms with van der Waals surface area (Å²) >= 11 is 3.45. The molecule has 1 fully saturated rings. The summed E-state index contributed by atoms with van der Waals surface area (Å²) in [7, 11) is 0. The summed E-state index contributed by atoms with van der Waals surface area (Å²) < 4.78 is 0.838. The van der Waals surface area contributed by atoms with Gasteiger partial charge in [-0.2, -0.15) is 0 Å². The molecule has 6 heteroatoms. The fourth-order valence-electron chi connectivity index (χ4n) is 2.18. The van der Waals surface area contributed by atoms with Crippen LogP contribution in [-0.2, 0) is 4.79 Å². The van der Waals surface area contributed by atoms with Crippen LogP contribution >= 0.6 is 15.9 Å². The van der Waals surface area contributed by atoms with Crippen molar-refractivity contribution in [3.63, 3.8) is 0 Å². The maximum atomic E-state index is 11.9. The van der Waals surface area contributed by atoms with Gasteiger partial charge in [-0.25, -0.2) is 4.79 Å². The Hall–Kier alpha value is -1.56. The number of hydrogen-bond donors (Lipinski definition) is 2. The Balaban J connectivity index is 2.23. The number of halogens is 1. The van der Waals surface area contributed by atoms with E-state index >= 15 is 0 Å². The maximum Gasteiger partial charge on any atom is 0.322 e. The molecule has 0 aliphatic carbocycles. The molecule has 1 saturated heterocycles. The van der Waals surface area contributed by atoms with Crippen molar-refractivity contribution in [1.82, 2.24) is 5.32 Å². The zero-order chi connectivity index (χ0) is 14.0. The Labute approximate surface area is 119 Å². The zero-order valence-corrected chi connectivity index (χ0v) is 12.1. The monoisotopic (exact) mass is 326 g/mol. The average molecular weight is 327 g/mol. The predicted octanol–water partition coefficient (Wildman–Crippen LogP) is 2.52. The summed E-state index contributed by atoms with van der Waals surface area (Å²) in [6.45, 7) is 2.45. The summed E-state index contributed by atoms with van der Waals surface area (Å²) in [4.78, 5) is 24.2. The summed E-state index contributed by atoms with van der Waals surface area (Å²) in [5.41, 5.74) is 1.87. The molecule has 1 aliphatic heterocycles. The van der Waals surface area contributed by atoms with E-state index in [1.54, 1.807) is 4.90 Å². The van der Waals surface area contributed by atoms with Crippen LogP contribution in [0.2, 0.25) is 0 Å². The highest BCUT2D eigenvalue weighted by molar-refractivity contribution is 9.10. The van der Waals surface area contributed by atoms with Crippen LogP contribution in [0.1, 0.15) is 18.4 Å². The number of urea groups is 1. The van der Waals surface area contributed by atoms with Crippen molar-refractivity contribution < 1.29 is 14.7 Å². The Morgan fingerprint density at radius 3 is 2.95 bits per heavy atom. The number of carbonyl (C=O) groups excluding carboxylic acids is 1. The third-order valence-corrected chi connectivity index (χ3v) is 3.76. The van der Waals surface area contributed by atoms with E-state index in [-0.39, 0.29) is 18.5 Å². The summed E-state index contributed by atoms with van der Waals surface area (Å²) in [6, 6.07) is 5.44. The van der Waals surface area contributed by atoms with Gasteiger partial charge >= 0.3 is 12.0 Å². The number of rotatable bonds is 4. The minimum Gasteiger partial charge on any atom is -0.481 e. The third kappa shape index (κ3) is 3.07. The smallest absolute Gasteiger partial charge is 0.322 e. The normalized spacial score (nSPS) is 18.5. The molecule has 0 radical (unpaired) electrons. The van der Waals surface area contributed by atoms with Gasteiger partial charge in [0.05, 0.1) is 11.7 Å². The molecular weight excluding hydrogens is 312 g/mol. The highest BCUT2D eigenvalue weighted by Gasteiger charge is 2.33. The highest BCUT2D eigenvalue weighted by atomic mass is 79.9. The molecule has 19 heavy (non-hydrogen) atoms. The zero-order valence-electron chi connectivity index (χ0n) is 10.5. The van der Waals surface area contributed by atoms with Crippen LogP contribution in [0.3, 0.4) is 0 Å². The van der Waals surface area contributed by atoms with E-state index in [4.69, 9.17) is 5.11 Å². The van der Waals surface area contributed by atoms with Gasteiger partial charge < -0.3 is 10.4 Å². The van der Waals surface area contributed by atoms with Crippen LogP contribution in [0.25, 0.3) is 0 Å². The maximum absolute atomic E-state index is 11.9. The number of anilines is 1. The molecule has 0 bridgehead atoms. The molecule has 5 nitrogen and oxygen atoms in total. The van der Waals surface area contributed by atoms with Crippen molar-refractivity contribution in [3.05, 3.63) is 28.2 Å². The first-order valence-electron chi connectivity index (χ1n) is 6.04. The molecule has 0 aromatic heterocycles. The number of carboxylic acid groups (broad SMARTS) is 1. The number of amides is 2. The number of aryl methyl sites for hydroxylation is 1. The number of nitrogens with one attached hydrogen (secondary N) is 1. The number of carbonyl (C=O) groups is 2. The molecule has 2 rings (SSSR count). The SMILES string of the molecule is Cc1ccc(N2C(=O)NCC2CCC(=O)O)c(Br)c1. The minimum absolute atomic E-state index is 0.0552. The van der Waals surface area contributed by atoms with Crippen molar-refractivity contribution in [3.8, 4) is 0 Å². The van der Waals surface area contributed by atoms with E-state index in [0.29, 0.717) is 13.0 Å². The molecule has 0 spiro atoms. The topological polar surface area (TPSA) is 69.6 Å². The third-order valence-electron chi connectivity index (χ3n) is 3.13. The van der Waals surface area contributed by atoms with Crippen LogP contribution < -0.4 is 10.2 Å².